The van der Waals surface area contributed by atoms with Crippen molar-refractivity contribution in [3.8, 4) is 0 Å². The number of aryl methyl sites for hydroxylation is 2. The Morgan fingerprint density at radius 2 is 2.24 bits per heavy atom. The fraction of sp³-hybridized carbons (Fsp3) is 0.474. The first-order chi connectivity index (χ1) is 12.1. The van der Waals surface area contributed by atoms with E-state index in [4.69, 9.17) is 0 Å². The third-order valence-electron chi connectivity index (χ3n) is 5.14. The van der Waals surface area contributed by atoms with E-state index >= 15 is 0 Å². The second-order valence-electron chi connectivity index (χ2n) is 7.19. The van der Waals surface area contributed by atoms with Crippen LogP contribution < -0.4 is 16.0 Å². The Hall–Kier alpha value is -2.34. The van der Waals surface area contributed by atoms with Crippen molar-refractivity contribution in [3.05, 3.63) is 41.1 Å². The zero-order chi connectivity index (χ0) is 17.4. The van der Waals surface area contributed by atoms with E-state index in [9.17, 15) is 4.79 Å². The number of hydrogen-bond donors (Lipinski definition) is 3. The molecule has 2 aliphatic heterocycles. The van der Waals surface area contributed by atoms with Crippen molar-refractivity contribution in [1.29, 1.82) is 0 Å². The molecule has 1 aromatic carbocycles. The molecule has 1 amide bonds. The molecule has 6 nitrogen and oxygen atoms in total. The Morgan fingerprint density at radius 1 is 1.36 bits per heavy atom. The van der Waals surface area contributed by atoms with Gasteiger partial charge in [0.2, 0.25) is 5.91 Å². The number of amides is 1. The van der Waals surface area contributed by atoms with Crippen LogP contribution in [0.2, 0.25) is 0 Å². The van der Waals surface area contributed by atoms with Crippen LogP contribution in [-0.4, -0.2) is 28.8 Å². The van der Waals surface area contributed by atoms with Gasteiger partial charge in [-0.1, -0.05) is 12.1 Å². The molecule has 2 aromatic rings. The van der Waals surface area contributed by atoms with E-state index in [0.717, 1.165) is 43.3 Å². The number of anilines is 2. The van der Waals surface area contributed by atoms with Gasteiger partial charge in [0.15, 0.2) is 0 Å². The molecule has 1 aromatic heterocycles. The van der Waals surface area contributed by atoms with Crippen LogP contribution in [0.25, 0.3) is 0 Å². The molecule has 4 rings (SSSR count). The Bertz CT molecular complexity index is 797. The van der Waals surface area contributed by atoms with Crippen molar-refractivity contribution in [2.45, 2.75) is 39.3 Å². The quantitative estimate of drug-likeness (QED) is 0.800. The molecular weight excluding hydrogens is 314 g/mol. The summed E-state index contributed by atoms with van der Waals surface area (Å²) in [6.07, 6.45) is 1.41. The van der Waals surface area contributed by atoms with Gasteiger partial charge in [-0.2, -0.15) is 5.10 Å². The minimum Gasteiger partial charge on any atom is -0.370 e. The average molecular weight is 339 g/mol. The molecule has 0 fully saturated rings. The molecule has 3 N–H and O–H groups in total. The van der Waals surface area contributed by atoms with Crippen LogP contribution in [0.1, 0.15) is 36.2 Å². The highest BCUT2D eigenvalue weighted by molar-refractivity contribution is 5.93. The molecule has 0 saturated heterocycles. The van der Waals surface area contributed by atoms with E-state index in [-0.39, 0.29) is 11.9 Å². The number of fused-ring (bicyclic) bond motifs is 2. The molecular formula is C19H25N5O. The molecule has 0 saturated carbocycles. The minimum atomic E-state index is 0.115. The summed E-state index contributed by atoms with van der Waals surface area (Å²) in [5, 5.41) is 14.6. The number of carbonyl (C=O) groups is 1. The molecule has 0 radical (unpaired) electrons. The van der Waals surface area contributed by atoms with Gasteiger partial charge in [-0.15, -0.1) is 0 Å². The Labute approximate surface area is 148 Å². The van der Waals surface area contributed by atoms with Gasteiger partial charge >= 0.3 is 0 Å². The van der Waals surface area contributed by atoms with E-state index in [2.05, 4.69) is 50.9 Å². The Balaban J connectivity index is 1.36. The van der Waals surface area contributed by atoms with Crippen LogP contribution >= 0.6 is 0 Å². The fourth-order valence-electron chi connectivity index (χ4n) is 3.66. The summed E-state index contributed by atoms with van der Waals surface area (Å²) in [4.78, 5) is 11.5. The molecule has 2 aliphatic rings. The molecule has 3 heterocycles. The summed E-state index contributed by atoms with van der Waals surface area (Å²) in [5.74, 6) is 1.76. The van der Waals surface area contributed by atoms with Gasteiger partial charge in [-0.3, -0.25) is 4.79 Å². The molecule has 0 unspecified atom stereocenters. The predicted molar refractivity (Wildman–Crippen MR) is 98.8 cm³/mol. The smallest absolute Gasteiger partial charge is 0.224 e. The zero-order valence-electron chi connectivity index (χ0n) is 14.8. The van der Waals surface area contributed by atoms with E-state index in [1.807, 2.05) is 13.0 Å². The summed E-state index contributed by atoms with van der Waals surface area (Å²) in [5.41, 5.74) is 4.53. The monoisotopic (exact) mass is 339 g/mol. The van der Waals surface area contributed by atoms with Gasteiger partial charge in [0.25, 0.3) is 0 Å². The summed E-state index contributed by atoms with van der Waals surface area (Å²) in [7, 11) is 0. The summed E-state index contributed by atoms with van der Waals surface area (Å²) in [6.45, 7) is 7.09. The third-order valence-corrected chi connectivity index (χ3v) is 5.14. The van der Waals surface area contributed by atoms with Crippen LogP contribution in [-0.2, 0) is 17.8 Å². The number of hydrogen-bond acceptors (Lipinski definition) is 4. The van der Waals surface area contributed by atoms with Crippen molar-refractivity contribution in [2.75, 3.05) is 23.7 Å². The molecule has 25 heavy (non-hydrogen) atoms. The normalized spacial score (nSPS) is 20.2. The number of nitrogens with zero attached hydrogens (tertiary/aromatic N) is 2. The first kappa shape index (κ1) is 16.1. The topological polar surface area (TPSA) is 71.0 Å². The summed E-state index contributed by atoms with van der Waals surface area (Å²) in [6, 6.07) is 8.74. The van der Waals surface area contributed by atoms with Crippen molar-refractivity contribution >= 4 is 17.4 Å². The molecule has 0 aliphatic carbocycles. The van der Waals surface area contributed by atoms with Crippen molar-refractivity contribution in [3.63, 3.8) is 0 Å². The van der Waals surface area contributed by atoms with E-state index in [1.165, 1.54) is 11.1 Å². The summed E-state index contributed by atoms with van der Waals surface area (Å²) >= 11 is 0. The molecule has 0 bridgehead atoms. The Kier molecular flexibility index (Phi) is 4.21. The largest absolute Gasteiger partial charge is 0.370 e. The maximum Gasteiger partial charge on any atom is 0.224 e. The van der Waals surface area contributed by atoms with E-state index in [0.29, 0.717) is 12.3 Å². The van der Waals surface area contributed by atoms with Gasteiger partial charge in [0, 0.05) is 49.8 Å². The zero-order valence-corrected chi connectivity index (χ0v) is 14.8. The predicted octanol–water partition coefficient (Wildman–Crippen LogP) is 2.47. The lowest BCUT2D eigenvalue weighted by Gasteiger charge is -2.27. The van der Waals surface area contributed by atoms with Gasteiger partial charge in [-0.05, 0) is 37.5 Å². The first-order valence-corrected chi connectivity index (χ1v) is 9.03. The van der Waals surface area contributed by atoms with Crippen LogP contribution in [0, 0.1) is 12.8 Å². The van der Waals surface area contributed by atoms with Crippen molar-refractivity contribution in [2.24, 2.45) is 5.92 Å². The third kappa shape index (κ3) is 3.39. The fourth-order valence-corrected chi connectivity index (χ4v) is 3.66. The average Bonchev–Trinajstić information content (AvgIpc) is 2.98. The number of rotatable bonds is 4. The highest BCUT2D eigenvalue weighted by Gasteiger charge is 2.20. The lowest BCUT2D eigenvalue weighted by Crippen LogP contribution is -2.36. The molecule has 2 atom stereocenters. The molecule has 0 spiro atoms. The Morgan fingerprint density at radius 3 is 3.12 bits per heavy atom. The number of nitrogens with one attached hydrogen (secondary N) is 3. The second-order valence-corrected chi connectivity index (χ2v) is 7.19. The maximum absolute atomic E-state index is 11.5. The standard InChI is InChI=1S/C19H25N5O/c1-12-7-18-21-10-14(11-24(18)23-12)9-20-13(2)15-3-5-17-16(8-15)4-6-19(25)22-17/h3,5,7-8,13-14,20-21H,4,6,9-11H2,1-2H3,(H,22,25)/t13-,14-/m0/s1. The first-order valence-electron chi connectivity index (χ1n) is 9.03. The summed E-state index contributed by atoms with van der Waals surface area (Å²) < 4.78 is 2.07. The number of benzene rings is 1. The van der Waals surface area contributed by atoms with Crippen molar-refractivity contribution in [1.82, 2.24) is 15.1 Å². The highest BCUT2D eigenvalue weighted by Crippen LogP contribution is 2.26. The minimum absolute atomic E-state index is 0.115. The maximum atomic E-state index is 11.5. The van der Waals surface area contributed by atoms with Crippen LogP contribution in [0.15, 0.2) is 24.3 Å². The van der Waals surface area contributed by atoms with Gasteiger partial charge in [0.05, 0.1) is 5.69 Å². The van der Waals surface area contributed by atoms with Gasteiger partial charge in [-0.25, -0.2) is 4.68 Å². The van der Waals surface area contributed by atoms with Gasteiger partial charge in [0.1, 0.15) is 5.82 Å². The van der Waals surface area contributed by atoms with Gasteiger partial charge < -0.3 is 16.0 Å². The van der Waals surface area contributed by atoms with Crippen LogP contribution in [0.4, 0.5) is 11.5 Å². The molecule has 132 valence electrons. The SMILES string of the molecule is Cc1cc2n(n1)C[C@@H](CN[C@@H](C)c1ccc3c(c1)CCC(=O)N3)CN2. The van der Waals surface area contributed by atoms with Crippen LogP contribution in [0.3, 0.4) is 0 Å². The second kappa shape index (κ2) is 6.52. The number of carbonyl (C=O) groups excluding carboxylic acids is 1. The molecule has 6 heteroatoms. The van der Waals surface area contributed by atoms with E-state index < -0.39 is 0 Å². The number of aromatic nitrogens is 2. The van der Waals surface area contributed by atoms with Crippen LogP contribution in [0.5, 0.6) is 0 Å². The lowest BCUT2D eigenvalue weighted by molar-refractivity contribution is -0.116. The van der Waals surface area contributed by atoms with E-state index in [1.54, 1.807) is 0 Å². The van der Waals surface area contributed by atoms with Crippen molar-refractivity contribution < 1.29 is 4.79 Å². The lowest BCUT2D eigenvalue weighted by atomic mass is 9.97. The highest BCUT2D eigenvalue weighted by atomic mass is 16.1.